The molecule has 2 aromatic carbocycles. The molecule has 0 aliphatic heterocycles. The van der Waals surface area contributed by atoms with Crippen molar-refractivity contribution >= 4 is 35.0 Å². The van der Waals surface area contributed by atoms with Crippen molar-refractivity contribution < 1.29 is 23.9 Å². The monoisotopic (exact) mass is 461 g/mol. The highest BCUT2D eigenvalue weighted by molar-refractivity contribution is 6.33. The number of halogens is 1. The summed E-state index contributed by atoms with van der Waals surface area (Å²) in [6, 6.07) is 9.12. The zero-order chi connectivity index (χ0) is 23.8. The summed E-state index contributed by atoms with van der Waals surface area (Å²) in [5.41, 5.74) is 1.70. The third-order valence-electron chi connectivity index (χ3n) is 4.67. The maximum absolute atomic E-state index is 12.7. The Balaban J connectivity index is 2.01. The van der Waals surface area contributed by atoms with Crippen LogP contribution in [-0.4, -0.2) is 44.5 Å². The predicted molar refractivity (Wildman–Crippen MR) is 123 cm³/mol. The second kappa shape index (κ2) is 11.4. The third kappa shape index (κ3) is 6.88. The van der Waals surface area contributed by atoms with E-state index in [4.69, 9.17) is 21.1 Å². The number of benzene rings is 2. The summed E-state index contributed by atoms with van der Waals surface area (Å²) >= 11 is 6.12. The molecule has 3 amide bonds. The van der Waals surface area contributed by atoms with E-state index < -0.39 is 23.8 Å². The Morgan fingerprint density at radius 2 is 1.62 bits per heavy atom. The van der Waals surface area contributed by atoms with Gasteiger partial charge < -0.3 is 25.4 Å². The van der Waals surface area contributed by atoms with E-state index in [1.54, 1.807) is 44.2 Å². The Morgan fingerprint density at radius 3 is 2.16 bits per heavy atom. The van der Waals surface area contributed by atoms with Crippen molar-refractivity contribution in [3.8, 4) is 11.5 Å². The number of methoxy groups -OCH3 is 2. The van der Waals surface area contributed by atoms with Crippen LogP contribution in [0.4, 0.5) is 5.69 Å². The molecular weight excluding hydrogens is 434 g/mol. The molecule has 2 aromatic rings. The molecule has 0 spiro atoms. The Bertz CT molecular complexity index is 971. The molecule has 1 unspecified atom stereocenters. The fraction of sp³-hybridized carbons (Fsp3) is 0.348. The summed E-state index contributed by atoms with van der Waals surface area (Å²) in [4.78, 5) is 37.7. The number of hydrogen-bond donors (Lipinski definition) is 3. The van der Waals surface area contributed by atoms with E-state index >= 15 is 0 Å². The molecule has 0 heterocycles. The molecule has 172 valence electrons. The summed E-state index contributed by atoms with van der Waals surface area (Å²) < 4.78 is 10.4. The number of anilines is 1. The van der Waals surface area contributed by atoms with Crippen LogP contribution in [0.5, 0.6) is 11.5 Å². The second-order valence-electron chi connectivity index (χ2n) is 7.55. The van der Waals surface area contributed by atoms with E-state index in [2.05, 4.69) is 16.0 Å². The van der Waals surface area contributed by atoms with Gasteiger partial charge in [0.1, 0.15) is 17.5 Å². The van der Waals surface area contributed by atoms with Gasteiger partial charge in [0.05, 0.1) is 31.5 Å². The SMILES string of the molecule is COc1cc(OC)cc(C(=O)NC(C(=O)NCC(=O)Nc2ccc(C)cc2Cl)C(C)C)c1. The molecule has 8 nitrogen and oxygen atoms in total. The molecule has 1 atom stereocenters. The van der Waals surface area contributed by atoms with Crippen molar-refractivity contribution in [3.05, 3.63) is 52.5 Å². The van der Waals surface area contributed by atoms with Crippen molar-refractivity contribution in [1.29, 1.82) is 0 Å². The van der Waals surface area contributed by atoms with Crippen molar-refractivity contribution in [2.45, 2.75) is 26.8 Å². The van der Waals surface area contributed by atoms with E-state index in [1.165, 1.54) is 14.2 Å². The molecule has 0 fully saturated rings. The van der Waals surface area contributed by atoms with Gasteiger partial charge in [0.2, 0.25) is 11.8 Å². The van der Waals surface area contributed by atoms with Gasteiger partial charge in [-0.2, -0.15) is 0 Å². The molecule has 2 rings (SSSR count). The second-order valence-corrected chi connectivity index (χ2v) is 7.95. The summed E-state index contributed by atoms with van der Waals surface area (Å²) in [7, 11) is 2.96. The Labute approximate surface area is 192 Å². The largest absolute Gasteiger partial charge is 0.497 e. The summed E-state index contributed by atoms with van der Waals surface area (Å²) in [5.74, 6) is -0.699. The van der Waals surface area contributed by atoms with Gasteiger partial charge in [0.15, 0.2) is 0 Å². The molecule has 0 radical (unpaired) electrons. The fourth-order valence-corrected chi connectivity index (χ4v) is 3.17. The van der Waals surface area contributed by atoms with Crippen LogP contribution in [0.2, 0.25) is 5.02 Å². The van der Waals surface area contributed by atoms with Crippen LogP contribution >= 0.6 is 11.6 Å². The average molecular weight is 462 g/mol. The molecular formula is C23H28ClN3O5. The zero-order valence-electron chi connectivity index (χ0n) is 18.7. The molecule has 0 bridgehead atoms. The lowest BCUT2D eigenvalue weighted by atomic mass is 10.0. The number of carbonyl (C=O) groups excluding carboxylic acids is 3. The van der Waals surface area contributed by atoms with E-state index in [1.807, 2.05) is 13.0 Å². The molecule has 0 aliphatic carbocycles. The number of carbonyl (C=O) groups is 3. The minimum absolute atomic E-state index is 0.221. The molecule has 0 aromatic heterocycles. The van der Waals surface area contributed by atoms with Crippen molar-refractivity contribution in [2.75, 3.05) is 26.1 Å². The first-order valence-electron chi connectivity index (χ1n) is 10.0. The lowest BCUT2D eigenvalue weighted by molar-refractivity contribution is -0.126. The third-order valence-corrected chi connectivity index (χ3v) is 4.98. The van der Waals surface area contributed by atoms with Gasteiger partial charge in [-0.3, -0.25) is 14.4 Å². The Hall–Kier alpha value is -3.26. The summed E-state index contributed by atoms with van der Waals surface area (Å²) in [6.07, 6.45) is 0. The minimum atomic E-state index is -0.851. The molecule has 0 aliphatic rings. The number of hydrogen-bond acceptors (Lipinski definition) is 5. The van der Waals surface area contributed by atoms with Crippen LogP contribution in [0.3, 0.4) is 0 Å². The predicted octanol–water partition coefficient (Wildman–Crippen LogP) is 3.17. The van der Waals surface area contributed by atoms with Crippen molar-refractivity contribution in [1.82, 2.24) is 10.6 Å². The van der Waals surface area contributed by atoms with E-state index in [0.29, 0.717) is 22.2 Å². The number of rotatable bonds is 9. The summed E-state index contributed by atoms with van der Waals surface area (Å²) in [6.45, 7) is 5.21. The van der Waals surface area contributed by atoms with E-state index in [9.17, 15) is 14.4 Å². The van der Waals surface area contributed by atoms with Gasteiger partial charge in [-0.05, 0) is 42.7 Å². The van der Waals surface area contributed by atoms with Crippen LogP contribution in [-0.2, 0) is 9.59 Å². The molecule has 32 heavy (non-hydrogen) atoms. The lowest BCUT2D eigenvalue weighted by Gasteiger charge is -2.22. The van der Waals surface area contributed by atoms with Crippen LogP contribution in [0, 0.1) is 12.8 Å². The molecule has 0 saturated heterocycles. The van der Waals surface area contributed by atoms with E-state index in [-0.39, 0.29) is 18.0 Å². The van der Waals surface area contributed by atoms with Crippen LogP contribution < -0.4 is 25.4 Å². The minimum Gasteiger partial charge on any atom is -0.497 e. The number of nitrogens with one attached hydrogen (secondary N) is 3. The van der Waals surface area contributed by atoms with Crippen LogP contribution in [0.1, 0.15) is 29.8 Å². The Morgan fingerprint density at radius 1 is 1.00 bits per heavy atom. The maximum Gasteiger partial charge on any atom is 0.252 e. The Kier molecular flexibility index (Phi) is 8.90. The van der Waals surface area contributed by atoms with Gasteiger partial charge in [0, 0.05) is 11.6 Å². The lowest BCUT2D eigenvalue weighted by Crippen LogP contribution is -2.51. The highest BCUT2D eigenvalue weighted by atomic mass is 35.5. The normalized spacial score (nSPS) is 11.5. The fourth-order valence-electron chi connectivity index (χ4n) is 2.89. The molecule has 3 N–H and O–H groups in total. The molecule has 9 heteroatoms. The number of aryl methyl sites for hydroxylation is 1. The van der Waals surface area contributed by atoms with Gasteiger partial charge in [-0.15, -0.1) is 0 Å². The standard InChI is InChI=1S/C23H28ClN3O5/c1-13(2)21(27-22(29)15-9-16(31-4)11-17(10-15)32-5)23(30)25-12-20(28)26-19-7-6-14(3)8-18(19)24/h6-11,13,21H,12H2,1-5H3,(H,25,30)(H,26,28)(H,27,29). The first-order chi connectivity index (χ1) is 15.1. The van der Waals surface area contributed by atoms with E-state index in [0.717, 1.165) is 5.56 Å². The number of ether oxygens (including phenoxy) is 2. The number of amides is 3. The summed E-state index contributed by atoms with van der Waals surface area (Å²) in [5, 5.41) is 8.33. The van der Waals surface area contributed by atoms with Crippen molar-refractivity contribution in [2.24, 2.45) is 5.92 Å². The quantitative estimate of drug-likeness (QED) is 0.532. The van der Waals surface area contributed by atoms with Gasteiger partial charge in [-0.1, -0.05) is 31.5 Å². The first-order valence-corrected chi connectivity index (χ1v) is 10.4. The van der Waals surface area contributed by atoms with Crippen LogP contribution in [0.15, 0.2) is 36.4 Å². The van der Waals surface area contributed by atoms with Crippen LogP contribution in [0.25, 0.3) is 0 Å². The topological polar surface area (TPSA) is 106 Å². The highest BCUT2D eigenvalue weighted by Gasteiger charge is 2.25. The maximum atomic E-state index is 12.7. The van der Waals surface area contributed by atoms with Gasteiger partial charge >= 0.3 is 0 Å². The highest BCUT2D eigenvalue weighted by Crippen LogP contribution is 2.23. The average Bonchev–Trinajstić information content (AvgIpc) is 2.76. The smallest absolute Gasteiger partial charge is 0.252 e. The molecule has 0 saturated carbocycles. The van der Waals surface area contributed by atoms with Gasteiger partial charge in [0.25, 0.3) is 5.91 Å². The van der Waals surface area contributed by atoms with Gasteiger partial charge in [-0.25, -0.2) is 0 Å². The first kappa shape index (κ1) is 25.0. The van der Waals surface area contributed by atoms with Crippen molar-refractivity contribution in [3.63, 3.8) is 0 Å². The zero-order valence-corrected chi connectivity index (χ0v) is 19.5.